The molecular weight excluding hydrogens is 244 g/mol. The van der Waals surface area contributed by atoms with E-state index >= 15 is 0 Å². The Kier molecular flexibility index (Phi) is 4.13. The van der Waals surface area contributed by atoms with Crippen LogP contribution in [-0.2, 0) is 9.59 Å². The van der Waals surface area contributed by atoms with E-state index < -0.39 is 5.97 Å². The summed E-state index contributed by atoms with van der Waals surface area (Å²) in [5, 5.41) is 8.71. The van der Waals surface area contributed by atoms with Crippen molar-refractivity contribution in [3.63, 3.8) is 0 Å². The van der Waals surface area contributed by atoms with Crippen LogP contribution in [0.1, 0.15) is 40.0 Å². The molecule has 5 heteroatoms. The third kappa shape index (κ3) is 2.91. The van der Waals surface area contributed by atoms with Gasteiger partial charge >= 0.3 is 5.97 Å². The molecule has 2 fully saturated rings. The Morgan fingerprint density at radius 3 is 2.21 bits per heavy atom. The van der Waals surface area contributed by atoms with Crippen molar-refractivity contribution in [2.45, 2.75) is 58.2 Å². The molecule has 0 aromatic carbocycles. The van der Waals surface area contributed by atoms with Crippen molar-refractivity contribution in [3.8, 4) is 0 Å². The molecule has 0 aliphatic carbocycles. The predicted octanol–water partition coefficient (Wildman–Crippen LogP) is 1.18. The zero-order valence-corrected chi connectivity index (χ0v) is 12.0. The van der Waals surface area contributed by atoms with Gasteiger partial charge in [-0.3, -0.25) is 14.5 Å². The number of carboxylic acids is 1. The number of carbonyl (C=O) groups excluding carboxylic acids is 1. The van der Waals surface area contributed by atoms with Gasteiger partial charge in [0, 0.05) is 31.1 Å². The van der Waals surface area contributed by atoms with Gasteiger partial charge in [0.15, 0.2) is 0 Å². The van der Waals surface area contributed by atoms with E-state index in [1.165, 1.54) is 0 Å². The fourth-order valence-corrected chi connectivity index (χ4v) is 3.50. The van der Waals surface area contributed by atoms with Crippen LogP contribution in [-0.4, -0.2) is 58.0 Å². The normalized spacial score (nSPS) is 30.2. The molecule has 0 radical (unpaired) electrons. The lowest BCUT2D eigenvalue weighted by Gasteiger charge is -2.42. The minimum atomic E-state index is -0.771. The van der Waals surface area contributed by atoms with Gasteiger partial charge < -0.3 is 10.0 Å². The second-order valence-electron chi connectivity index (χ2n) is 6.11. The van der Waals surface area contributed by atoms with E-state index in [-0.39, 0.29) is 24.3 Å². The van der Waals surface area contributed by atoms with E-state index in [9.17, 15) is 9.59 Å². The van der Waals surface area contributed by atoms with Gasteiger partial charge in [-0.1, -0.05) is 0 Å². The van der Waals surface area contributed by atoms with Gasteiger partial charge in [-0.15, -0.1) is 0 Å². The number of likely N-dealkylation sites (tertiary alicyclic amines) is 2. The zero-order chi connectivity index (χ0) is 14.2. The van der Waals surface area contributed by atoms with Crippen LogP contribution in [0, 0.1) is 5.92 Å². The van der Waals surface area contributed by atoms with Crippen molar-refractivity contribution in [1.29, 1.82) is 0 Å². The molecule has 0 bridgehead atoms. The molecule has 108 valence electrons. The molecule has 1 amide bonds. The first-order chi connectivity index (χ1) is 8.90. The standard InChI is InChI=1S/C14H24N2O3/c1-9-4-5-10(2)16(9)11(3)14(19)15-7-12(8-15)6-13(17)18/h9-12H,4-8H2,1-3H3,(H,17,18). The van der Waals surface area contributed by atoms with E-state index in [0.717, 1.165) is 12.8 Å². The highest BCUT2D eigenvalue weighted by Crippen LogP contribution is 2.28. The van der Waals surface area contributed by atoms with Gasteiger partial charge in [-0.25, -0.2) is 0 Å². The van der Waals surface area contributed by atoms with E-state index in [0.29, 0.717) is 25.2 Å². The van der Waals surface area contributed by atoms with Gasteiger partial charge in [-0.2, -0.15) is 0 Å². The molecule has 0 saturated carbocycles. The molecule has 0 aromatic rings. The smallest absolute Gasteiger partial charge is 0.303 e. The molecule has 3 unspecified atom stereocenters. The first-order valence-corrected chi connectivity index (χ1v) is 7.18. The van der Waals surface area contributed by atoms with Crippen LogP contribution in [0.25, 0.3) is 0 Å². The summed E-state index contributed by atoms with van der Waals surface area (Å²) in [5.41, 5.74) is 0. The number of amides is 1. The lowest BCUT2D eigenvalue weighted by atomic mass is 9.95. The second-order valence-corrected chi connectivity index (χ2v) is 6.11. The van der Waals surface area contributed by atoms with Gasteiger partial charge in [-0.05, 0) is 33.6 Å². The number of nitrogens with zero attached hydrogens (tertiary/aromatic N) is 2. The highest BCUT2D eigenvalue weighted by molar-refractivity contribution is 5.82. The Bertz CT molecular complexity index is 356. The Morgan fingerprint density at radius 1 is 1.21 bits per heavy atom. The van der Waals surface area contributed by atoms with Crippen LogP contribution in [0.3, 0.4) is 0 Å². The van der Waals surface area contributed by atoms with E-state index in [4.69, 9.17) is 5.11 Å². The second kappa shape index (κ2) is 5.49. The topological polar surface area (TPSA) is 60.9 Å². The fraction of sp³-hybridized carbons (Fsp3) is 0.857. The average Bonchev–Trinajstić information content (AvgIpc) is 2.61. The molecule has 2 rings (SSSR count). The number of aliphatic carboxylic acids is 1. The molecule has 0 aromatic heterocycles. The molecule has 1 N–H and O–H groups in total. The molecule has 2 saturated heterocycles. The molecule has 2 aliphatic heterocycles. The maximum absolute atomic E-state index is 12.4. The molecule has 5 nitrogen and oxygen atoms in total. The molecular formula is C14H24N2O3. The van der Waals surface area contributed by atoms with E-state index in [1.807, 2.05) is 6.92 Å². The maximum Gasteiger partial charge on any atom is 0.303 e. The summed E-state index contributed by atoms with van der Waals surface area (Å²) >= 11 is 0. The monoisotopic (exact) mass is 268 g/mol. The summed E-state index contributed by atoms with van der Waals surface area (Å²) in [6, 6.07) is 0.841. The largest absolute Gasteiger partial charge is 0.481 e. The van der Waals surface area contributed by atoms with Crippen LogP contribution in [0.5, 0.6) is 0 Å². The summed E-state index contributed by atoms with van der Waals surface area (Å²) in [4.78, 5) is 27.1. The molecule has 3 atom stereocenters. The van der Waals surface area contributed by atoms with Gasteiger partial charge in [0.05, 0.1) is 12.5 Å². The van der Waals surface area contributed by atoms with Crippen LogP contribution in [0.2, 0.25) is 0 Å². The third-order valence-electron chi connectivity index (χ3n) is 4.56. The molecule has 19 heavy (non-hydrogen) atoms. The van der Waals surface area contributed by atoms with Crippen molar-refractivity contribution < 1.29 is 14.7 Å². The predicted molar refractivity (Wildman–Crippen MR) is 71.8 cm³/mol. The maximum atomic E-state index is 12.4. The Balaban J connectivity index is 1.86. The third-order valence-corrected chi connectivity index (χ3v) is 4.56. The highest BCUT2D eigenvalue weighted by atomic mass is 16.4. The van der Waals surface area contributed by atoms with Crippen LogP contribution < -0.4 is 0 Å². The van der Waals surface area contributed by atoms with Crippen LogP contribution in [0.15, 0.2) is 0 Å². The van der Waals surface area contributed by atoms with Crippen LogP contribution >= 0.6 is 0 Å². The Hall–Kier alpha value is -1.10. The minimum Gasteiger partial charge on any atom is -0.481 e. The summed E-state index contributed by atoms with van der Waals surface area (Å²) in [6.07, 6.45) is 2.48. The average molecular weight is 268 g/mol. The highest BCUT2D eigenvalue weighted by Gasteiger charge is 2.39. The first kappa shape index (κ1) is 14.3. The quantitative estimate of drug-likeness (QED) is 0.831. The summed E-state index contributed by atoms with van der Waals surface area (Å²) in [6.45, 7) is 7.54. The fourth-order valence-electron chi connectivity index (χ4n) is 3.50. The summed E-state index contributed by atoms with van der Waals surface area (Å²) in [5.74, 6) is -0.476. The van der Waals surface area contributed by atoms with Crippen molar-refractivity contribution in [2.75, 3.05) is 13.1 Å². The lowest BCUT2D eigenvalue weighted by Crippen LogP contribution is -2.57. The van der Waals surface area contributed by atoms with Gasteiger partial charge in [0.25, 0.3) is 0 Å². The Labute approximate surface area is 114 Å². The number of carbonyl (C=O) groups is 2. The van der Waals surface area contributed by atoms with E-state index in [1.54, 1.807) is 4.90 Å². The van der Waals surface area contributed by atoms with Crippen LogP contribution in [0.4, 0.5) is 0 Å². The number of rotatable bonds is 4. The SMILES string of the molecule is CC1CCC(C)N1C(C)C(=O)N1CC(CC(=O)O)C1. The summed E-state index contributed by atoms with van der Waals surface area (Å²) < 4.78 is 0. The van der Waals surface area contributed by atoms with Gasteiger partial charge in [0.2, 0.25) is 5.91 Å². The van der Waals surface area contributed by atoms with Crippen molar-refractivity contribution in [2.24, 2.45) is 5.92 Å². The van der Waals surface area contributed by atoms with Gasteiger partial charge in [0.1, 0.15) is 0 Å². The number of hydrogen-bond acceptors (Lipinski definition) is 3. The Morgan fingerprint density at radius 2 is 1.74 bits per heavy atom. The summed E-state index contributed by atoms with van der Waals surface area (Å²) in [7, 11) is 0. The molecule has 2 heterocycles. The van der Waals surface area contributed by atoms with Crippen molar-refractivity contribution >= 4 is 11.9 Å². The van der Waals surface area contributed by atoms with Crippen molar-refractivity contribution in [3.05, 3.63) is 0 Å². The minimum absolute atomic E-state index is 0.0849. The zero-order valence-electron chi connectivity index (χ0n) is 12.0. The van der Waals surface area contributed by atoms with Crippen molar-refractivity contribution in [1.82, 2.24) is 9.80 Å². The first-order valence-electron chi connectivity index (χ1n) is 7.18. The molecule has 2 aliphatic rings. The lowest BCUT2D eigenvalue weighted by molar-refractivity contribution is -0.148. The molecule has 0 spiro atoms. The number of hydrogen-bond donors (Lipinski definition) is 1. The number of carboxylic acid groups (broad SMARTS) is 1. The van der Waals surface area contributed by atoms with E-state index in [2.05, 4.69) is 18.7 Å².